The highest BCUT2D eigenvalue weighted by Crippen LogP contribution is 2.26. The lowest BCUT2D eigenvalue weighted by atomic mass is 10.1. The van der Waals surface area contributed by atoms with Gasteiger partial charge in [0.1, 0.15) is 6.29 Å². The van der Waals surface area contributed by atoms with Gasteiger partial charge in [0, 0.05) is 18.5 Å². The van der Waals surface area contributed by atoms with Gasteiger partial charge in [-0.25, -0.2) is 0 Å². The molecule has 0 aromatic rings. The Morgan fingerprint density at radius 1 is 1.50 bits per heavy atom. The normalized spacial score (nSPS) is 27.6. The van der Waals surface area contributed by atoms with Crippen LogP contribution in [0.1, 0.15) is 25.7 Å². The van der Waals surface area contributed by atoms with Crippen molar-refractivity contribution >= 4 is 12.3 Å². The SMILES string of the molecule is COC(=O)CC1CCC(CC=O)N1C. The zero-order chi connectivity index (χ0) is 10.6. The lowest BCUT2D eigenvalue weighted by Crippen LogP contribution is -2.34. The third-order valence-corrected chi connectivity index (χ3v) is 2.98. The Kier molecular flexibility index (Phi) is 4.07. The lowest BCUT2D eigenvalue weighted by Gasteiger charge is -2.23. The second-order valence-corrected chi connectivity index (χ2v) is 3.73. The van der Waals surface area contributed by atoms with E-state index < -0.39 is 0 Å². The van der Waals surface area contributed by atoms with E-state index in [1.807, 2.05) is 7.05 Å². The smallest absolute Gasteiger partial charge is 0.307 e. The predicted molar refractivity (Wildman–Crippen MR) is 51.9 cm³/mol. The molecule has 0 aliphatic carbocycles. The van der Waals surface area contributed by atoms with Crippen LogP contribution in [0.15, 0.2) is 0 Å². The highest BCUT2D eigenvalue weighted by atomic mass is 16.5. The molecule has 0 aromatic heterocycles. The summed E-state index contributed by atoms with van der Waals surface area (Å²) in [5.41, 5.74) is 0. The van der Waals surface area contributed by atoms with E-state index in [0.29, 0.717) is 18.9 Å². The first kappa shape index (κ1) is 11.2. The molecule has 1 aliphatic heterocycles. The molecule has 2 unspecified atom stereocenters. The predicted octanol–water partition coefficient (Wildman–Crippen LogP) is 0.601. The van der Waals surface area contributed by atoms with Gasteiger partial charge in [-0.3, -0.25) is 9.69 Å². The van der Waals surface area contributed by atoms with Gasteiger partial charge in [0.05, 0.1) is 13.5 Å². The van der Waals surface area contributed by atoms with Gasteiger partial charge in [0.15, 0.2) is 0 Å². The van der Waals surface area contributed by atoms with Crippen molar-refractivity contribution in [1.29, 1.82) is 0 Å². The molecular weight excluding hydrogens is 182 g/mol. The van der Waals surface area contributed by atoms with Crippen LogP contribution in [0.5, 0.6) is 0 Å². The Labute approximate surface area is 84.2 Å². The Bertz CT molecular complexity index is 217. The quantitative estimate of drug-likeness (QED) is 0.491. The Morgan fingerprint density at radius 2 is 2.14 bits per heavy atom. The second kappa shape index (κ2) is 5.10. The zero-order valence-corrected chi connectivity index (χ0v) is 8.73. The van der Waals surface area contributed by atoms with Crippen LogP contribution in [0.2, 0.25) is 0 Å². The summed E-state index contributed by atoms with van der Waals surface area (Å²) in [6.07, 6.45) is 3.92. The highest BCUT2D eigenvalue weighted by molar-refractivity contribution is 5.70. The van der Waals surface area contributed by atoms with Gasteiger partial charge < -0.3 is 9.53 Å². The van der Waals surface area contributed by atoms with Crippen molar-refractivity contribution in [3.63, 3.8) is 0 Å². The summed E-state index contributed by atoms with van der Waals surface area (Å²) in [4.78, 5) is 23.5. The third kappa shape index (κ3) is 2.54. The first-order chi connectivity index (χ1) is 6.69. The van der Waals surface area contributed by atoms with Crippen molar-refractivity contribution in [2.75, 3.05) is 14.2 Å². The molecular formula is C10H17NO3. The van der Waals surface area contributed by atoms with Gasteiger partial charge in [-0.2, -0.15) is 0 Å². The van der Waals surface area contributed by atoms with E-state index in [9.17, 15) is 9.59 Å². The molecule has 0 bridgehead atoms. The van der Waals surface area contributed by atoms with Gasteiger partial charge in [0.2, 0.25) is 0 Å². The van der Waals surface area contributed by atoms with Gasteiger partial charge in [-0.1, -0.05) is 0 Å². The molecule has 14 heavy (non-hydrogen) atoms. The standard InChI is InChI=1S/C10H17NO3/c1-11-8(5-6-12)3-4-9(11)7-10(13)14-2/h6,8-9H,3-5,7H2,1-2H3. The number of hydrogen-bond acceptors (Lipinski definition) is 4. The average Bonchev–Trinajstić information content (AvgIpc) is 2.50. The first-order valence-electron chi connectivity index (χ1n) is 4.91. The Morgan fingerprint density at radius 3 is 2.71 bits per heavy atom. The third-order valence-electron chi connectivity index (χ3n) is 2.98. The number of rotatable bonds is 4. The number of carbonyl (C=O) groups excluding carboxylic acids is 2. The second-order valence-electron chi connectivity index (χ2n) is 3.73. The molecule has 80 valence electrons. The fraction of sp³-hybridized carbons (Fsp3) is 0.800. The van der Waals surface area contributed by atoms with Crippen LogP contribution in [0.3, 0.4) is 0 Å². The van der Waals surface area contributed by atoms with Crippen LogP contribution in [-0.2, 0) is 14.3 Å². The largest absolute Gasteiger partial charge is 0.469 e. The molecule has 0 spiro atoms. The number of aldehydes is 1. The molecule has 0 aromatic carbocycles. The van der Waals surface area contributed by atoms with Gasteiger partial charge in [-0.15, -0.1) is 0 Å². The summed E-state index contributed by atoms with van der Waals surface area (Å²) < 4.78 is 4.62. The Balaban J connectivity index is 2.42. The first-order valence-corrected chi connectivity index (χ1v) is 4.91. The molecule has 1 heterocycles. The summed E-state index contributed by atoms with van der Waals surface area (Å²) in [6, 6.07) is 0.551. The molecule has 0 radical (unpaired) electrons. The van der Waals surface area contributed by atoms with Crippen LogP contribution in [0.4, 0.5) is 0 Å². The van der Waals surface area contributed by atoms with Gasteiger partial charge >= 0.3 is 5.97 Å². The number of likely N-dealkylation sites (tertiary alicyclic amines) is 1. The molecule has 0 amide bonds. The minimum atomic E-state index is -0.173. The molecule has 4 heteroatoms. The number of nitrogens with zero attached hydrogens (tertiary/aromatic N) is 1. The number of methoxy groups -OCH3 is 1. The van der Waals surface area contributed by atoms with Crippen molar-refractivity contribution in [3.05, 3.63) is 0 Å². The molecule has 1 saturated heterocycles. The van der Waals surface area contributed by atoms with E-state index in [-0.39, 0.29) is 12.0 Å². The zero-order valence-electron chi connectivity index (χ0n) is 8.73. The van der Waals surface area contributed by atoms with E-state index in [2.05, 4.69) is 9.64 Å². The van der Waals surface area contributed by atoms with Gasteiger partial charge in [0.25, 0.3) is 0 Å². The van der Waals surface area contributed by atoms with E-state index in [4.69, 9.17) is 0 Å². The molecule has 0 saturated carbocycles. The van der Waals surface area contributed by atoms with E-state index in [1.165, 1.54) is 7.11 Å². The van der Waals surface area contributed by atoms with Crippen LogP contribution in [0.25, 0.3) is 0 Å². The maximum absolute atomic E-state index is 11.1. The van der Waals surface area contributed by atoms with Crippen LogP contribution in [0, 0.1) is 0 Å². The van der Waals surface area contributed by atoms with Crippen molar-refractivity contribution in [1.82, 2.24) is 4.90 Å². The maximum atomic E-state index is 11.1. The maximum Gasteiger partial charge on any atom is 0.307 e. The summed E-state index contributed by atoms with van der Waals surface area (Å²) >= 11 is 0. The summed E-state index contributed by atoms with van der Waals surface area (Å²) in [5, 5.41) is 0. The number of esters is 1. The monoisotopic (exact) mass is 199 g/mol. The van der Waals surface area contributed by atoms with Crippen LogP contribution >= 0.6 is 0 Å². The van der Waals surface area contributed by atoms with E-state index in [1.54, 1.807) is 0 Å². The minimum Gasteiger partial charge on any atom is -0.469 e. The van der Waals surface area contributed by atoms with Crippen molar-refractivity contribution in [2.24, 2.45) is 0 Å². The van der Waals surface area contributed by atoms with Crippen LogP contribution in [-0.4, -0.2) is 43.4 Å². The van der Waals surface area contributed by atoms with Crippen molar-refractivity contribution < 1.29 is 14.3 Å². The van der Waals surface area contributed by atoms with Crippen molar-refractivity contribution in [2.45, 2.75) is 37.8 Å². The number of hydrogen-bond donors (Lipinski definition) is 0. The molecule has 1 aliphatic rings. The Hall–Kier alpha value is -0.900. The van der Waals surface area contributed by atoms with Crippen molar-refractivity contribution in [3.8, 4) is 0 Å². The number of ether oxygens (including phenoxy) is 1. The summed E-state index contributed by atoms with van der Waals surface area (Å²) in [6.45, 7) is 0. The highest BCUT2D eigenvalue weighted by Gasteiger charge is 2.31. The average molecular weight is 199 g/mol. The summed E-state index contributed by atoms with van der Waals surface area (Å²) in [7, 11) is 3.37. The van der Waals surface area contributed by atoms with E-state index >= 15 is 0 Å². The summed E-state index contributed by atoms with van der Waals surface area (Å²) in [5.74, 6) is -0.173. The van der Waals surface area contributed by atoms with Crippen LogP contribution < -0.4 is 0 Å². The number of carbonyl (C=O) groups is 2. The fourth-order valence-electron chi connectivity index (χ4n) is 2.01. The molecule has 4 nitrogen and oxygen atoms in total. The minimum absolute atomic E-state index is 0.173. The fourth-order valence-corrected chi connectivity index (χ4v) is 2.01. The van der Waals surface area contributed by atoms with E-state index in [0.717, 1.165) is 19.1 Å². The lowest BCUT2D eigenvalue weighted by molar-refractivity contribution is -0.141. The van der Waals surface area contributed by atoms with Gasteiger partial charge in [-0.05, 0) is 19.9 Å². The molecule has 1 rings (SSSR count). The molecule has 0 N–H and O–H groups in total. The molecule has 1 fully saturated rings. The molecule has 2 atom stereocenters. The topological polar surface area (TPSA) is 46.6 Å².